The molecule has 1 aromatic rings. The van der Waals surface area contributed by atoms with Crippen LogP contribution in [-0.4, -0.2) is 18.5 Å². The summed E-state index contributed by atoms with van der Waals surface area (Å²) < 4.78 is 0. The lowest BCUT2D eigenvalue weighted by atomic mass is 10.0. The normalized spacial score (nSPS) is 19.9. The quantitative estimate of drug-likeness (QED) is 0.843. The number of rotatable bonds is 3. The summed E-state index contributed by atoms with van der Waals surface area (Å²) >= 11 is 0. The molecule has 5 heteroatoms. The molecular weight excluding hydrogens is 230 g/mol. The van der Waals surface area contributed by atoms with Gasteiger partial charge in [-0.05, 0) is 24.1 Å². The lowest BCUT2D eigenvalue weighted by molar-refractivity contribution is -0.122. The van der Waals surface area contributed by atoms with Gasteiger partial charge in [-0.3, -0.25) is 4.79 Å². The standard InChI is InChI=1S/C13H17N3O2/c1-2-10-8-15-13(18)16(12(10)17)11-5-3-4-9(6-11)7-14/h3-6,10H,2,7-8,14H2,1H3,(H,15,18). The van der Waals surface area contributed by atoms with E-state index in [-0.39, 0.29) is 17.9 Å². The molecule has 0 radical (unpaired) electrons. The summed E-state index contributed by atoms with van der Waals surface area (Å²) in [6, 6.07) is 6.82. The fraction of sp³-hybridized carbons (Fsp3) is 0.385. The van der Waals surface area contributed by atoms with Crippen molar-refractivity contribution in [2.45, 2.75) is 19.9 Å². The second-order valence-electron chi connectivity index (χ2n) is 4.34. The minimum atomic E-state index is -0.362. The minimum Gasteiger partial charge on any atom is -0.337 e. The van der Waals surface area contributed by atoms with Gasteiger partial charge in [0.05, 0.1) is 11.6 Å². The largest absolute Gasteiger partial charge is 0.337 e. The van der Waals surface area contributed by atoms with Gasteiger partial charge < -0.3 is 11.1 Å². The minimum absolute atomic E-state index is 0.143. The van der Waals surface area contributed by atoms with Crippen molar-refractivity contribution >= 4 is 17.6 Å². The summed E-state index contributed by atoms with van der Waals surface area (Å²) in [5.74, 6) is -0.292. The number of amides is 3. The van der Waals surface area contributed by atoms with Crippen molar-refractivity contribution in [3.8, 4) is 0 Å². The van der Waals surface area contributed by atoms with Crippen molar-refractivity contribution in [2.24, 2.45) is 11.7 Å². The van der Waals surface area contributed by atoms with Crippen LogP contribution >= 0.6 is 0 Å². The van der Waals surface area contributed by atoms with E-state index in [0.717, 1.165) is 5.56 Å². The van der Waals surface area contributed by atoms with Crippen LogP contribution < -0.4 is 16.0 Å². The molecule has 1 aliphatic heterocycles. The molecule has 0 aromatic heterocycles. The summed E-state index contributed by atoms with van der Waals surface area (Å²) in [5, 5.41) is 2.73. The van der Waals surface area contributed by atoms with E-state index in [1.165, 1.54) is 4.90 Å². The number of urea groups is 1. The van der Waals surface area contributed by atoms with Gasteiger partial charge in [0.1, 0.15) is 0 Å². The number of imide groups is 1. The maximum Gasteiger partial charge on any atom is 0.328 e. The van der Waals surface area contributed by atoms with Gasteiger partial charge in [-0.1, -0.05) is 19.1 Å². The fourth-order valence-corrected chi connectivity index (χ4v) is 2.05. The van der Waals surface area contributed by atoms with Crippen LogP contribution in [0.2, 0.25) is 0 Å². The molecule has 3 amide bonds. The first kappa shape index (κ1) is 12.6. The Hall–Kier alpha value is -1.88. The Morgan fingerprint density at radius 3 is 2.89 bits per heavy atom. The fourth-order valence-electron chi connectivity index (χ4n) is 2.05. The van der Waals surface area contributed by atoms with Gasteiger partial charge in [-0.15, -0.1) is 0 Å². The zero-order valence-electron chi connectivity index (χ0n) is 10.3. The Kier molecular flexibility index (Phi) is 3.62. The number of carbonyl (C=O) groups excluding carboxylic acids is 2. The van der Waals surface area contributed by atoms with Gasteiger partial charge in [0.15, 0.2) is 0 Å². The number of carbonyl (C=O) groups is 2. The highest BCUT2D eigenvalue weighted by atomic mass is 16.2. The van der Waals surface area contributed by atoms with E-state index in [1.807, 2.05) is 13.0 Å². The molecule has 0 spiro atoms. The van der Waals surface area contributed by atoms with Crippen LogP contribution in [0.4, 0.5) is 10.5 Å². The lowest BCUT2D eigenvalue weighted by Gasteiger charge is -2.31. The van der Waals surface area contributed by atoms with Crippen LogP contribution in [0.15, 0.2) is 24.3 Å². The zero-order valence-corrected chi connectivity index (χ0v) is 10.3. The highest BCUT2D eigenvalue weighted by Gasteiger charge is 2.34. The van der Waals surface area contributed by atoms with Crippen LogP contribution in [0, 0.1) is 5.92 Å². The van der Waals surface area contributed by atoms with E-state index in [9.17, 15) is 9.59 Å². The molecule has 5 nitrogen and oxygen atoms in total. The van der Waals surface area contributed by atoms with Crippen LogP contribution in [0.1, 0.15) is 18.9 Å². The maximum absolute atomic E-state index is 12.2. The average molecular weight is 247 g/mol. The van der Waals surface area contributed by atoms with E-state index >= 15 is 0 Å². The van der Waals surface area contributed by atoms with Crippen molar-refractivity contribution < 1.29 is 9.59 Å². The zero-order chi connectivity index (χ0) is 13.1. The number of nitrogens with one attached hydrogen (secondary N) is 1. The predicted molar refractivity (Wildman–Crippen MR) is 69.0 cm³/mol. The third-order valence-electron chi connectivity index (χ3n) is 3.17. The molecule has 0 bridgehead atoms. The summed E-state index contributed by atoms with van der Waals surface area (Å²) in [6.45, 7) is 2.74. The van der Waals surface area contributed by atoms with E-state index in [1.54, 1.807) is 18.2 Å². The third kappa shape index (κ3) is 2.22. The molecule has 2 rings (SSSR count). The summed E-state index contributed by atoms with van der Waals surface area (Å²) in [5.41, 5.74) is 7.04. The summed E-state index contributed by atoms with van der Waals surface area (Å²) in [7, 11) is 0. The summed E-state index contributed by atoms with van der Waals surface area (Å²) in [6.07, 6.45) is 0.714. The molecule has 1 fully saturated rings. The Morgan fingerprint density at radius 2 is 2.22 bits per heavy atom. The Balaban J connectivity index is 2.33. The van der Waals surface area contributed by atoms with Gasteiger partial charge in [0.2, 0.25) is 5.91 Å². The van der Waals surface area contributed by atoms with Crippen LogP contribution in [0.3, 0.4) is 0 Å². The number of anilines is 1. The van der Waals surface area contributed by atoms with E-state index < -0.39 is 0 Å². The molecule has 1 atom stereocenters. The molecule has 0 aliphatic carbocycles. The lowest BCUT2D eigenvalue weighted by Crippen LogP contribution is -2.55. The molecule has 0 saturated carbocycles. The Labute approximate surface area is 106 Å². The highest BCUT2D eigenvalue weighted by molar-refractivity contribution is 6.16. The van der Waals surface area contributed by atoms with Crippen LogP contribution in [-0.2, 0) is 11.3 Å². The Morgan fingerprint density at radius 1 is 1.44 bits per heavy atom. The van der Waals surface area contributed by atoms with Crippen molar-refractivity contribution in [1.82, 2.24) is 5.32 Å². The van der Waals surface area contributed by atoms with Gasteiger partial charge in [0, 0.05) is 13.1 Å². The molecule has 1 heterocycles. The average Bonchev–Trinajstić information content (AvgIpc) is 2.39. The molecular formula is C13H17N3O2. The molecule has 1 aromatic carbocycles. The first-order valence-electron chi connectivity index (χ1n) is 6.08. The highest BCUT2D eigenvalue weighted by Crippen LogP contribution is 2.22. The Bertz CT molecular complexity index is 473. The van der Waals surface area contributed by atoms with Gasteiger partial charge >= 0.3 is 6.03 Å². The number of nitrogens with zero attached hydrogens (tertiary/aromatic N) is 1. The van der Waals surface area contributed by atoms with E-state index in [0.29, 0.717) is 25.2 Å². The number of benzene rings is 1. The van der Waals surface area contributed by atoms with Gasteiger partial charge in [0.25, 0.3) is 0 Å². The monoisotopic (exact) mass is 247 g/mol. The van der Waals surface area contributed by atoms with Crippen molar-refractivity contribution in [3.63, 3.8) is 0 Å². The van der Waals surface area contributed by atoms with Crippen molar-refractivity contribution in [1.29, 1.82) is 0 Å². The maximum atomic E-state index is 12.2. The van der Waals surface area contributed by atoms with Gasteiger partial charge in [-0.2, -0.15) is 0 Å². The van der Waals surface area contributed by atoms with Crippen LogP contribution in [0.25, 0.3) is 0 Å². The smallest absolute Gasteiger partial charge is 0.328 e. The van der Waals surface area contributed by atoms with Gasteiger partial charge in [-0.25, -0.2) is 9.69 Å². The first-order valence-corrected chi connectivity index (χ1v) is 6.08. The predicted octanol–water partition coefficient (Wildman–Crippen LogP) is 1.23. The number of nitrogens with two attached hydrogens (primary N) is 1. The topological polar surface area (TPSA) is 75.4 Å². The van der Waals surface area contributed by atoms with Crippen LogP contribution in [0.5, 0.6) is 0 Å². The second-order valence-corrected chi connectivity index (χ2v) is 4.34. The molecule has 18 heavy (non-hydrogen) atoms. The van der Waals surface area contributed by atoms with E-state index in [4.69, 9.17) is 5.73 Å². The SMILES string of the molecule is CCC1CNC(=O)N(c2cccc(CN)c2)C1=O. The second kappa shape index (κ2) is 5.18. The number of hydrogen-bond donors (Lipinski definition) is 2. The molecule has 1 unspecified atom stereocenters. The molecule has 96 valence electrons. The van der Waals surface area contributed by atoms with Crippen molar-refractivity contribution in [2.75, 3.05) is 11.4 Å². The molecule has 3 N–H and O–H groups in total. The first-order chi connectivity index (χ1) is 8.67. The molecule has 1 aliphatic rings. The molecule has 1 saturated heterocycles. The van der Waals surface area contributed by atoms with E-state index in [2.05, 4.69) is 5.32 Å². The number of hydrogen-bond acceptors (Lipinski definition) is 3. The van der Waals surface area contributed by atoms with Crippen molar-refractivity contribution in [3.05, 3.63) is 29.8 Å². The summed E-state index contributed by atoms with van der Waals surface area (Å²) in [4.78, 5) is 25.2. The third-order valence-corrected chi connectivity index (χ3v) is 3.17.